The van der Waals surface area contributed by atoms with E-state index < -0.39 is 0 Å². The number of likely N-dealkylation sites (tertiary alicyclic amines) is 1. The van der Waals surface area contributed by atoms with Crippen LogP contribution in [0.4, 0.5) is 5.69 Å². The molecular formula is C13H20N2O. The molecule has 0 spiro atoms. The van der Waals surface area contributed by atoms with E-state index >= 15 is 0 Å². The standard InChI is InChI=1S/C13H20N2O/c1-15-8-6-12(7-9-15)14-13-5-3-2-4-11(13)10-16/h2-5,12,14,16H,6-10H2,1H3. The van der Waals surface area contributed by atoms with Crippen LogP contribution in [-0.4, -0.2) is 36.2 Å². The number of rotatable bonds is 3. The first-order chi connectivity index (χ1) is 7.79. The molecule has 16 heavy (non-hydrogen) atoms. The topological polar surface area (TPSA) is 35.5 Å². The summed E-state index contributed by atoms with van der Waals surface area (Å²) < 4.78 is 0. The zero-order valence-electron chi connectivity index (χ0n) is 9.82. The van der Waals surface area contributed by atoms with Crippen molar-refractivity contribution < 1.29 is 5.11 Å². The molecule has 1 fully saturated rings. The molecule has 1 aliphatic rings. The molecule has 88 valence electrons. The zero-order chi connectivity index (χ0) is 11.4. The maximum atomic E-state index is 9.24. The summed E-state index contributed by atoms with van der Waals surface area (Å²) in [5.74, 6) is 0. The minimum Gasteiger partial charge on any atom is -0.392 e. The smallest absolute Gasteiger partial charge is 0.0701 e. The number of benzene rings is 1. The van der Waals surface area contributed by atoms with Crippen LogP contribution in [0, 0.1) is 0 Å². The molecular weight excluding hydrogens is 200 g/mol. The SMILES string of the molecule is CN1CCC(Nc2ccccc2CO)CC1. The van der Waals surface area contributed by atoms with E-state index in [-0.39, 0.29) is 6.61 Å². The summed E-state index contributed by atoms with van der Waals surface area (Å²) >= 11 is 0. The maximum Gasteiger partial charge on any atom is 0.0701 e. The van der Waals surface area contributed by atoms with Gasteiger partial charge in [0.25, 0.3) is 0 Å². The average Bonchev–Trinajstić information content (AvgIpc) is 2.33. The van der Waals surface area contributed by atoms with Gasteiger partial charge in [-0.2, -0.15) is 0 Å². The molecule has 3 heteroatoms. The third-order valence-electron chi connectivity index (χ3n) is 3.27. The van der Waals surface area contributed by atoms with Crippen molar-refractivity contribution in [2.45, 2.75) is 25.5 Å². The Morgan fingerprint density at radius 1 is 1.31 bits per heavy atom. The summed E-state index contributed by atoms with van der Waals surface area (Å²) in [5, 5.41) is 12.8. The molecule has 2 N–H and O–H groups in total. The average molecular weight is 220 g/mol. The molecule has 0 radical (unpaired) electrons. The van der Waals surface area contributed by atoms with Gasteiger partial charge in [-0.15, -0.1) is 0 Å². The van der Waals surface area contributed by atoms with Gasteiger partial charge in [0, 0.05) is 17.3 Å². The molecule has 1 heterocycles. The van der Waals surface area contributed by atoms with E-state index in [1.807, 2.05) is 24.3 Å². The Bertz CT molecular complexity index is 332. The lowest BCUT2D eigenvalue weighted by Gasteiger charge is -2.30. The van der Waals surface area contributed by atoms with E-state index in [2.05, 4.69) is 17.3 Å². The van der Waals surface area contributed by atoms with Gasteiger partial charge in [-0.1, -0.05) is 18.2 Å². The Morgan fingerprint density at radius 3 is 2.69 bits per heavy atom. The van der Waals surface area contributed by atoms with Gasteiger partial charge in [-0.25, -0.2) is 0 Å². The number of aliphatic hydroxyl groups is 1. The third-order valence-corrected chi connectivity index (χ3v) is 3.27. The largest absolute Gasteiger partial charge is 0.392 e. The monoisotopic (exact) mass is 220 g/mol. The molecule has 2 rings (SSSR count). The zero-order valence-corrected chi connectivity index (χ0v) is 9.82. The van der Waals surface area contributed by atoms with Crippen molar-refractivity contribution in [3.8, 4) is 0 Å². The molecule has 0 unspecified atom stereocenters. The van der Waals surface area contributed by atoms with E-state index in [0.717, 1.165) is 24.3 Å². The fraction of sp³-hybridized carbons (Fsp3) is 0.538. The maximum absolute atomic E-state index is 9.24. The van der Waals surface area contributed by atoms with Crippen molar-refractivity contribution in [3.63, 3.8) is 0 Å². The van der Waals surface area contributed by atoms with E-state index in [0.29, 0.717) is 6.04 Å². The lowest BCUT2D eigenvalue weighted by molar-refractivity contribution is 0.263. The minimum atomic E-state index is 0.107. The highest BCUT2D eigenvalue weighted by Crippen LogP contribution is 2.19. The van der Waals surface area contributed by atoms with Gasteiger partial charge < -0.3 is 15.3 Å². The second-order valence-electron chi connectivity index (χ2n) is 4.54. The van der Waals surface area contributed by atoms with Gasteiger partial charge in [0.05, 0.1) is 6.61 Å². The highest BCUT2D eigenvalue weighted by Gasteiger charge is 2.16. The number of hydrogen-bond acceptors (Lipinski definition) is 3. The lowest BCUT2D eigenvalue weighted by atomic mass is 10.0. The predicted molar refractivity (Wildman–Crippen MR) is 66.5 cm³/mol. The van der Waals surface area contributed by atoms with Crippen molar-refractivity contribution in [2.24, 2.45) is 0 Å². The van der Waals surface area contributed by atoms with Crippen molar-refractivity contribution in [2.75, 3.05) is 25.5 Å². The van der Waals surface area contributed by atoms with Crippen LogP contribution in [0.2, 0.25) is 0 Å². The first kappa shape index (κ1) is 11.4. The molecule has 1 aromatic rings. The lowest BCUT2D eigenvalue weighted by Crippen LogP contribution is -2.36. The van der Waals surface area contributed by atoms with Gasteiger partial charge in [-0.05, 0) is 39.0 Å². The van der Waals surface area contributed by atoms with Crippen LogP contribution in [0.3, 0.4) is 0 Å². The molecule has 0 aliphatic carbocycles. The Kier molecular flexibility index (Phi) is 3.80. The van der Waals surface area contributed by atoms with Crippen molar-refractivity contribution in [3.05, 3.63) is 29.8 Å². The molecule has 0 amide bonds. The first-order valence-electron chi connectivity index (χ1n) is 5.93. The van der Waals surface area contributed by atoms with Crippen LogP contribution in [-0.2, 0) is 6.61 Å². The number of anilines is 1. The van der Waals surface area contributed by atoms with Crippen molar-refractivity contribution in [1.29, 1.82) is 0 Å². The summed E-state index contributed by atoms with van der Waals surface area (Å²) in [6, 6.07) is 8.53. The Morgan fingerprint density at radius 2 is 2.00 bits per heavy atom. The Labute approximate surface area is 97.1 Å². The van der Waals surface area contributed by atoms with Gasteiger partial charge in [0.1, 0.15) is 0 Å². The highest BCUT2D eigenvalue weighted by atomic mass is 16.3. The number of nitrogens with one attached hydrogen (secondary N) is 1. The van der Waals surface area contributed by atoms with Crippen LogP contribution in [0.5, 0.6) is 0 Å². The third kappa shape index (κ3) is 2.74. The van der Waals surface area contributed by atoms with E-state index in [9.17, 15) is 5.11 Å². The summed E-state index contributed by atoms with van der Waals surface area (Å²) in [4.78, 5) is 2.36. The van der Waals surface area contributed by atoms with Gasteiger partial charge in [-0.3, -0.25) is 0 Å². The second kappa shape index (κ2) is 5.32. The predicted octanol–water partition coefficient (Wildman–Crippen LogP) is 1.69. The van der Waals surface area contributed by atoms with Crippen LogP contribution < -0.4 is 5.32 Å². The molecule has 1 aliphatic heterocycles. The van der Waals surface area contributed by atoms with Gasteiger partial charge >= 0.3 is 0 Å². The summed E-state index contributed by atoms with van der Waals surface area (Å²) in [6.07, 6.45) is 2.35. The molecule has 0 aromatic heterocycles. The Hall–Kier alpha value is -1.06. The molecule has 0 bridgehead atoms. The fourth-order valence-electron chi connectivity index (χ4n) is 2.17. The van der Waals surface area contributed by atoms with Crippen molar-refractivity contribution >= 4 is 5.69 Å². The van der Waals surface area contributed by atoms with Gasteiger partial charge in [0.2, 0.25) is 0 Å². The molecule has 1 aromatic carbocycles. The fourth-order valence-corrected chi connectivity index (χ4v) is 2.17. The van der Waals surface area contributed by atoms with E-state index in [1.165, 1.54) is 12.8 Å². The quantitative estimate of drug-likeness (QED) is 0.813. The molecule has 1 saturated heterocycles. The second-order valence-corrected chi connectivity index (χ2v) is 4.54. The van der Waals surface area contributed by atoms with Crippen LogP contribution in [0.1, 0.15) is 18.4 Å². The van der Waals surface area contributed by atoms with E-state index in [1.54, 1.807) is 0 Å². The highest BCUT2D eigenvalue weighted by molar-refractivity contribution is 5.51. The van der Waals surface area contributed by atoms with Crippen LogP contribution in [0.25, 0.3) is 0 Å². The first-order valence-corrected chi connectivity index (χ1v) is 5.93. The van der Waals surface area contributed by atoms with E-state index in [4.69, 9.17) is 0 Å². The number of para-hydroxylation sites is 1. The molecule has 0 saturated carbocycles. The number of piperidine rings is 1. The molecule has 0 atom stereocenters. The van der Waals surface area contributed by atoms with Crippen molar-refractivity contribution in [1.82, 2.24) is 4.90 Å². The minimum absolute atomic E-state index is 0.107. The van der Waals surface area contributed by atoms with Gasteiger partial charge in [0.15, 0.2) is 0 Å². The molecule has 3 nitrogen and oxygen atoms in total. The number of hydrogen-bond donors (Lipinski definition) is 2. The normalized spacial score (nSPS) is 18.6. The summed E-state index contributed by atoms with van der Waals surface area (Å²) in [6.45, 7) is 2.41. The Balaban J connectivity index is 1.98. The number of nitrogens with zero attached hydrogens (tertiary/aromatic N) is 1. The summed E-state index contributed by atoms with van der Waals surface area (Å²) in [7, 11) is 2.16. The number of aliphatic hydroxyl groups excluding tert-OH is 1. The van der Waals surface area contributed by atoms with Crippen LogP contribution in [0.15, 0.2) is 24.3 Å². The summed E-state index contributed by atoms with van der Waals surface area (Å²) in [5.41, 5.74) is 2.07. The van der Waals surface area contributed by atoms with Crippen LogP contribution >= 0.6 is 0 Å².